The van der Waals surface area contributed by atoms with Crippen LogP contribution in [0.4, 0.5) is 0 Å². The molecule has 4 heteroatoms. The highest BCUT2D eigenvalue weighted by atomic mass is 16.1. The van der Waals surface area contributed by atoms with Crippen LogP contribution in [0.25, 0.3) is 0 Å². The summed E-state index contributed by atoms with van der Waals surface area (Å²) in [5.74, 6) is -0.0342. The number of aryl methyl sites for hydroxylation is 1. The Morgan fingerprint density at radius 2 is 2.55 bits per heavy atom. The normalized spacial score (nSPS) is 9.64. The van der Waals surface area contributed by atoms with Crippen LogP contribution in [0.3, 0.4) is 0 Å². The zero-order valence-corrected chi connectivity index (χ0v) is 6.66. The zero-order chi connectivity index (χ0) is 8.27. The van der Waals surface area contributed by atoms with Crippen LogP contribution in [0.5, 0.6) is 0 Å². The van der Waals surface area contributed by atoms with Gasteiger partial charge >= 0.3 is 0 Å². The fourth-order valence-corrected chi connectivity index (χ4v) is 0.777. The first-order valence-corrected chi connectivity index (χ1v) is 3.43. The van der Waals surface area contributed by atoms with Gasteiger partial charge in [-0.1, -0.05) is 0 Å². The van der Waals surface area contributed by atoms with Crippen molar-refractivity contribution < 1.29 is 4.79 Å². The largest absolute Gasteiger partial charge is 0.358 e. The molecule has 0 bridgehead atoms. The van der Waals surface area contributed by atoms with Crippen LogP contribution in [0.2, 0.25) is 0 Å². The average molecular weight is 153 g/mol. The molecule has 1 N–H and O–H groups in total. The molecule has 0 unspecified atom stereocenters. The van der Waals surface area contributed by atoms with Crippen molar-refractivity contribution in [1.29, 1.82) is 0 Å². The summed E-state index contributed by atoms with van der Waals surface area (Å²) in [6, 6.07) is 1.86. The highest BCUT2D eigenvalue weighted by Crippen LogP contribution is 1.91. The van der Waals surface area contributed by atoms with E-state index < -0.39 is 0 Å². The van der Waals surface area contributed by atoms with E-state index in [1.165, 1.54) is 0 Å². The smallest absolute Gasteiger partial charge is 0.241 e. The Morgan fingerprint density at radius 1 is 1.82 bits per heavy atom. The van der Waals surface area contributed by atoms with Gasteiger partial charge in [0.25, 0.3) is 0 Å². The molecule has 1 rings (SSSR count). The van der Waals surface area contributed by atoms with E-state index in [2.05, 4.69) is 10.4 Å². The van der Waals surface area contributed by atoms with E-state index in [1.807, 2.05) is 13.0 Å². The van der Waals surface area contributed by atoms with Gasteiger partial charge in [0.1, 0.15) is 6.54 Å². The molecule has 0 saturated heterocycles. The van der Waals surface area contributed by atoms with Gasteiger partial charge in [0.05, 0.1) is 5.69 Å². The van der Waals surface area contributed by atoms with Crippen LogP contribution in [-0.4, -0.2) is 22.7 Å². The number of aromatic nitrogens is 2. The molecule has 4 nitrogen and oxygen atoms in total. The van der Waals surface area contributed by atoms with E-state index in [1.54, 1.807) is 17.9 Å². The lowest BCUT2D eigenvalue weighted by molar-refractivity contribution is -0.121. The molecule has 0 radical (unpaired) electrons. The minimum absolute atomic E-state index is 0.0342. The fourth-order valence-electron chi connectivity index (χ4n) is 0.777. The van der Waals surface area contributed by atoms with Crippen molar-refractivity contribution in [1.82, 2.24) is 15.1 Å². The summed E-state index contributed by atoms with van der Waals surface area (Å²) < 4.78 is 1.61. The Kier molecular flexibility index (Phi) is 2.25. The first-order valence-electron chi connectivity index (χ1n) is 3.43. The maximum Gasteiger partial charge on any atom is 0.241 e. The fraction of sp³-hybridized carbons (Fsp3) is 0.429. The second-order valence-electron chi connectivity index (χ2n) is 2.33. The van der Waals surface area contributed by atoms with E-state index in [0.717, 1.165) is 5.69 Å². The highest BCUT2D eigenvalue weighted by Gasteiger charge is 1.99. The van der Waals surface area contributed by atoms with Gasteiger partial charge in [-0.2, -0.15) is 5.10 Å². The van der Waals surface area contributed by atoms with Crippen molar-refractivity contribution in [3.05, 3.63) is 18.0 Å². The standard InChI is InChI=1S/C7H11N3O/c1-6-3-4-10(9-6)5-7(11)8-2/h3-4H,5H2,1-2H3,(H,8,11). The molecule has 60 valence electrons. The Hall–Kier alpha value is -1.32. The molecular formula is C7H11N3O. The number of amides is 1. The third-order valence-electron chi connectivity index (χ3n) is 1.36. The van der Waals surface area contributed by atoms with Gasteiger partial charge in [0.2, 0.25) is 5.91 Å². The molecule has 0 aliphatic rings. The predicted molar refractivity (Wildman–Crippen MR) is 41.0 cm³/mol. The summed E-state index contributed by atoms with van der Waals surface area (Å²) in [4.78, 5) is 10.8. The molecular weight excluding hydrogens is 142 g/mol. The van der Waals surface area contributed by atoms with E-state index in [0.29, 0.717) is 6.54 Å². The Morgan fingerprint density at radius 3 is 3.00 bits per heavy atom. The van der Waals surface area contributed by atoms with Gasteiger partial charge in [-0.3, -0.25) is 9.48 Å². The van der Waals surface area contributed by atoms with Crippen molar-refractivity contribution in [2.75, 3.05) is 7.05 Å². The number of carbonyl (C=O) groups is 1. The van der Waals surface area contributed by atoms with Crippen LogP contribution in [-0.2, 0) is 11.3 Å². The van der Waals surface area contributed by atoms with Gasteiger partial charge in [0.15, 0.2) is 0 Å². The summed E-state index contributed by atoms with van der Waals surface area (Å²) in [6.07, 6.45) is 1.78. The predicted octanol–water partition coefficient (Wildman–Crippen LogP) is -0.0625. The Bertz CT molecular complexity index is 254. The van der Waals surface area contributed by atoms with Crippen LogP contribution < -0.4 is 5.32 Å². The number of hydrogen-bond donors (Lipinski definition) is 1. The molecule has 0 spiro atoms. The van der Waals surface area contributed by atoms with Crippen molar-refractivity contribution in [2.24, 2.45) is 0 Å². The molecule has 0 aliphatic carbocycles. The molecule has 11 heavy (non-hydrogen) atoms. The second kappa shape index (κ2) is 3.18. The van der Waals surface area contributed by atoms with Crippen molar-refractivity contribution >= 4 is 5.91 Å². The number of hydrogen-bond acceptors (Lipinski definition) is 2. The van der Waals surface area contributed by atoms with Crippen molar-refractivity contribution in [3.63, 3.8) is 0 Å². The third-order valence-corrected chi connectivity index (χ3v) is 1.36. The molecule has 0 atom stereocenters. The topological polar surface area (TPSA) is 46.9 Å². The van der Waals surface area contributed by atoms with Crippen LogP contribution in [0.15, 0.2) is 12.3 Å². The van der Waals surface area contributed by atoms with Crippen molar-refractivity contribution in [2.45, 2.75) is 13.5 Å². The molecule has 1 aromatic rings. The van der Waals surface area contributed by atoms with Crippen molar-refractivity contribution in [3.8, 4) is 0 Å². The summed E-state index contributed by atoms with van der Waals surface area (Å²) in [7, 11) is 1.61. The van der Waals surface area contributed by atoms with Gasteiger partial charge in [-0.15, -0.1) is 0 Å². The Balaban J connectivity index is 2.57. The molecule has 0 aromatic carbocycles. The maximum absolute atomic E-state index is 10.8. The van der Waals surface area contributed by atoms with E-state index >= 15 is 0 Å². The Labute approximate surface area is 65.2 Å². The summed E-state index contributed by atoms with van der Waals surface area (Å²) >= 11 is 0. The van der Waals surface area contributed by atoms with E-state index in [-0.39, 0.29) is 5.91 Å². The number of nitrogens with zero attached hydrogens (tertiary/aromatic N) is 2. The third kappa shape index (κ3) is 2.07. The minimum atomic E-state index is -0.0342. The zero-order valence-electron chi connectivity index (χ0n) is 6.66. The molecule has 0 saturated carbocycles. The number of likely N-dealkylation sites (N-methyl/N-ethyl adjacent to an activating group) is 1. The molecule has 0 aliphatic heterocycles. The van der Waals surface area contributed by atoms with E-state index in [4.69, 9.17) is 0 Å². The average Bonchev–Trinajstić information content (AvgIpc) is 2.35. The lowest BCUT2D eigenvalue weighted by Crippen LogP contribution is -2.23. The monoisotopic (exact) mass is 153 g/mol. The first kappa shape index (κ1) is 7.78. The van der Waals surface area contributed by atoms with Gasteiger partial charge < -0.3 is 5.32 Å². The van der Waals surface area contributed by atoms with Crippen LogP contribution >= 0.6 is 0 Å². The maximum atomic E-state index is 10.8. The lowest BCUT2D eigenvalue weighted by Gasteiger charge is -1.98. The van der Waals surface area contributed by atoms with Crippen LogP contribution in [0, 0.1) is 6.92 Å². The quantitative estimate of drug-likeness (QED) is 0.647. The number of carbonyl (C=O) groups excluding carboxylic acids is 1. The van der Waals surface area contributed by atoms with Crippen LogP contribution in [0.1, 0.15) is 5.69 Å². The molecule has 1 heterocycles. The molecule has 1 amide bonds. The van der Waals surface area contributed by atoms with E-state index in [9.17, 15) is 4.79 Å². The van der Waals surface area contributed by atoms with Gasteiger partial charge in [-0.05, 0) is 13.0 Å². The number of rotatable bonds is 2. The first-order chi connectivity index (χ1) is 5.22. The SMILES string of the molecule is CNC(=O)Cn1ccc(C)n1. The minimum Gasteiger partial charge on any atom is -0.358 e. The van der Waals surface area contributed by atoms with Gasteiger partial charge in [-0.25, -0.2) is 0 Å². The molecule has 0 fully saturated rings. The number of nitrogens with one attached hydrogen (secondary N) is 1. The lowest BCUT2D eigenvalue weighted by atomic mass is 10.5. The highest BCUT2D eigenvalue weighted by molar-refractivity contribution is 5.75. The van der Waals surface area contributed by atoms with Gasteiger partial charge in [0, 0.05) is 13.2 Å². The summed E-state index contributed by atoms with van der Waals surface area (Å²) in [5.41, 5.74) is 0.925. The summed E-state index contributed by atoms with van der Waals surface area (Å²) in [6.45, 7) is 2.19. The summed E-state index contributed by atoms with van der Waals surface area (Å²) in [5, 5.41) is 6.58. The molecule has 1 aromatic heterocycles. The second-order valence-corrected chi connectivity index (χ2v) is 2.33.